The maximum atomic E-state index is 12.8. The zero-order chi connectivity index (χ0) is 54.3. The summed E-state index contributed by atoms with van der Waals surface area (Å²) in [7, 11) is 0. The molecule has 426 valence electrons. The van der Waals surface area contributed by atoms with E-state index in [1.165, 1.54) is 89.9 Å². The van der Waals surface area contributed by atoms with Gasteiger partial charge in [0.1, 0.15) is 13.2 Å². The van der Waals surface area contributed by atoms with Gasteiger partial charge in [-0.15, -0.1) is 0 Å². The Hall–Kier alpha value is -4.19. The van der Waals surface area contributed by atoms with Gasteiger partial charge in [0.05, 0.1) is 0 Å². The summed E-state index contributed by atoms with van der Waals surface area (Å²) in [5, 5.41) is 0. The van der Waals surface area contributed by atoms with E-state index in [1.54, 1.807) is 0 Å². The molecule has 0 aromatic carbocycles. The van der Waals surface area contributed by atoms with E-state index in [2.05, 4.69) is 142 Å². The lowest BCUT2D eigenvalue weighted by Gasteiger charge is -2.18. The number of ether oxygens (including phenoxy) is 3. The van der Waals surface area contributed by atoms with Gasteiger partial charge >= 0.3 is 17.9 Å². The van der Waals surface area contributed by atoms with E-state index in [-0.39, 0.29) is 31.1 Å². The van der Waals surface area contributed by atoms with Crippen molar-refractivity contribution in [1.82, 2.24) is 0 Å². The molecule has 1 unspecified atom stereocenters. The lowest BCUT2D eigenvalue weighted by Crippen LogP contribution is -2.30. The molecule has 0 aliphatic heterocycles. The summed E-state index contributed by atoms with van der Waals surface area (Å²) in [6.07, 6.45) is 86.4. The molecule has 6 heteroatoms. The zero-order valence-electron chi connectivity index (χ0n) is 48.8. The molecular formula is C69H114O6. The zero-order valence-corrected chi connectivity index (χ0v) is 48.8. The van der Waals surface area contributed by atoms with Gasteiger partial charge in [-0.25, -0.2) is 0 Å². The van der Waals surface area contributed by atoms with Crippen molar-refractivity contribution in [3.05, 3.63) is 122 Å². The van der Waals surface area contributed by atoms with Gasteiger partial charge in [-0.05, 0) is 116 Å². The van der Waals surface area contributed by atoms with Crippen LogP contribution in [0.1, 0.15) is 278 Å². The number of carbonyl (C=O) groups is 3. The van der Waals surface area contributed by atoms with E-state index in [0.717, 1.165) is 148 Å². The van der Waals surface area contributed by atoms with Crippen molar-refractivity contribution in [1.29, 1.82) is 0 Å². The Balaban J connectivity index is 4.23. The second-order valence-corrected chi connectivity index (χ2v) is 20.2. The molecule has 0 spiro atoms. The molecule has 0 bridgehead atoms. The number of hydrogen-bond donors (Lipinski definition) is 0. The quantitative estimate of drug-likeness (QED) is 0.0261. The number of rotatable bonds is 55. The molecule has 6 nitrogen and oxygen atoms in total. The van der Waals surface area contributed by atoms with E-state index in [9.17, 15) is 14.4 Å². The molecule has 0 heterocycles. The van der Waals surface area contributed by atoms with Crippen LogP contribution in [-0.2, 0) is 28.6 Å². The summed E-state index contributed by atoms with van der Waals surface area (Å²) in [6.45, 7) is 6.47. The van der Waals surface area contributed by atoms with E-state index >= 15 is 0 Å². The fourth-order valence-electron chi connectivity index (χ4n) is 8.31. The predicted molar refractivity (Wildman–Crippen MR) is 325 cm³/mol. The number of unbranched alkanes of at least 4 members (excludes halogenated alkanes) is 24. The van der Waals surface area contributed by atoms with Crippen molar-refractivity contribution < 1.29 is 28.6 Å². The van der Waals surface area contributed by atoms with E-state index in [0.29, 0.717) is 19.3 Å². The molecule has 0 saturated carbocycles. The van der Waals surface area contributed by atoms with Gasteiger partial charge in [0, 0.05) is 19.3 Å². The van der Waals surface area contributed by atoms with Crippen LogP contribution >= 0.6 is 0 Å². The fraction of sp³-hybridized carbons (Fsp3) is 0.667. The highest BCUT2D eigenvalue weighted by Crippen LogP contribution is 2.14. The van der Waals surface area contributed by atoms with Crippen LogP contribution in [0.25, 0.3) is 0 Å². The average Bonchev–Trinajstić information content (AvgIpc) is 3.41. The molecule has 0 amide bonds. The minimum atomic E-state index is -0.790. The predicted octanol–water partition coefficient (Wildman–Crippen LogP) is 21.2. The van der Waals surface area contributed by atoms with Crippen LogP contribution in [0.5, 0.6) is 0 Å². The lowest BCUT2D eigenvalue weighted by atomic mass is 10.1. The van der Waals surface area contributed by atoms with Gasteiger partial charge in [0.25, 0.3) is 0 Å². The summed E-state index contributed by atoms with van der Waals surface area (Å²) in [5.41, 5.74) is 0. The van der Waals surface area contributed by atoms with Crippen LogP contribution < -0.4 is 0 Å². The minimum absolute atomic E-state index is 0.0876. The third kappa shape index (κ3) is 60.6. The number of allylic oxidation sites excluding steroid dienone is 20. The largest absolute Gasteiger partial charge is 0.462 e. The lowest BCUT2D eigenvalue weighted by molar-refractivity contribution is -0.167. The van der Waals surface area contributed by atoms with Gasteiger partial charge in [-0.3, -0.25) is 14.4 Å². The van der Waals surface area contributed by atoms with Crippen molar-refractivity contribution in [2.75, 3.05) is 13.2 Å². The van der Waals surface area contributed by atoms with E-state index < -0.39 is 6.10 Å². The molecule has 0 radical (unpaired) electrons. The average molecular weight is 1040 g/mol. The molecule has 0 saturated heterocycles. The second kappa shape index (κ2) is 62.4. The fourth-order valence-corrected chi connectivity index (χ4v) is 8.31. The Bertz CT molecular complexity index is 1570. The Morgan fingerprint density at radius 3 is 0.827 bits per heavy atom. The van der Waals surface area contributed by atoms with Crippen LogP contribution in [0.2, 0.25) is 0 Å². The summed E-state index contributed by atoms with van der Waals surface area (Å²) >= 11 is 0. The van der Waals surface area contributed by atoms with Gasteiger partial charge in [-0.2, -0.15) is 0 Å². The van der Waals surface area contributed by atoms with Crippen LogP contribution in [0.4, 0.5) is 0 Å². The molecule has 75 heavy (non-hydrogen) atoms. The number of carbonyl (C=O) groups excluding carboxylic acids is 3. The molecular weight excluding hydrogens is 925 g/mol. The summed E-state index contributed by atoms with van der Waals surface area (Å²) < 4.78 is 16.8. The highest BCUT2D eigenvalue weighted by molar-refractivity contribution is 5.71. The Morgan fingerprint density at radius 2 is 0.520 bits per heavy atom. The highest BCUT2D eigenvalue weighted by Gasteiger charge is 2.19. The topological polar surface area (TPSA) is 78.9 Å². The van der Waals surface area contributed by atoms with Crippen molar-refractivity contribution in [3.63, 3.8) is 0 Å². The molecule has 1 atom stereocenters. The van der Waals surface area contributed by atoms with Crippen LogP contribution in [0.15, 0.2) is 122 Å². The molecule has 0 aromatic rings. The summed E-state index contributed by atoms with van der Waals surface area (Å²) in [5.74, 6) is -0.919. The normalized spacial score (nSPS) is 12.9. The monoisotopic (exact) mass is 1040 g/mol. The van der Waals surface area contributed by atoms with Gasteiger partial charge in [0.2, 0.25) is 0 Å². The maximum absolute atomic E-state index is 12.8. The van der Waals surface area contributed by atoms with Crippen LogP contribution in [0, 0.1) is 0 Å². The standard InChI is InChI=1S/C69H114O6/c1-4-7-10-13-16-19-21-23-25-27-28-29-30-31-32-33-34-35-36-37-38-39-40-41-42-43-45-46-48-50-53-56-59-62-68(71)74-65-66(64-73-67(70)61-58-55-52-18-15-12-9-6-3)75-69(72)63-60-57-54-51-49-47-44-26-24-22-20-17-14-11-8-5-2/h7,10,16,19,23,25-26,28-29,31-32,34-35,37-38,40-41,43-45,66H,4-6,8-9,11-15,17-18,20-22,24,27,30,33,36,39,42,46-65H2,1-3H3/b10-7-,19-16-,25-23-,29-28-,32-31-,35-34-,38-37-,41-40-,44-26-,45-43-. The van der Waals surface area contributed by atoms with Crippen LogP contribution in [0.3, 0.4) is 0 Å². The molecule has 0 rings (SSSR count). The molecule has 0 aromatic heterocycles. The SMILES string of the molecule is CC/C=C\C/C=C\C/C=C\C/C=C\C/C=C\C/C=C\C/C=C\C/C=C\C/C=C\CCCCCCCC(=O)OCC(COC(=O)CCCCCCCCCC)OC(=O)CCCCCCC/C=C\CCCCCCCCC. The van der Waals surface area contributed by atoms with Crippen molar-refractivity contribution >= 4 is 17.9 Å². The van der Waals surface area contributed by atoms with Gasteiger partial charge < -0.3 is 14.2 Å². The first kappa shape index (κ1) is 70.8. The summed E-state index contributed by atoms with van der Waals surface area (Å²) in [4.78, 5) is 38.0. The van der Waals surface area contributed by atoms with Crippen molar-refractivity contribution in [2.45, 2.75) is 284 Å². The Morgan fingerprint density at radius 1 is 0.280 bits per heavy atom. The number of esters is 3. The third-order valence-corrected chi connectivity index (χ3v) is 13.0. The second-order valence-electron chi connectivity index (χ2n) is 20.2. The third-order valence-electron chi connectivity index (χ3n) is 13.0. The van der Waals surface area contributed by atoms with Crippen molar-refractivity contribution in [2.24, 2.45) is 0 Å². The minimum Gasteiger partial charge on any atom is -0.462 e. The Labute approximate surface area is 462 Å². The van der Waals surface area contributed by atoms with Crippen LogP contribution in [-0.4, -0.2) is 37.2 Å². The molecule has 0 aliphatic rings. The van der Waals surface area contributed by atoms with E-state index in [4.69, 9.17) is 14.2 Å². The van der Waals surface area contributed by atoms with Crippen molar-refractivity contribution in [3.8, 4) is 0 Å². The smallest absolute Gasteiger partial charge is 0.306 e. The first-order valence-electron chi connectivity index (χ1n) is 31.0. The van der Waals surface area contributed by atoms with Gasteiger partial charge in [-0.1, -0.05) is 264 Å². The summed E-state index contributed by atoms with van der Waals surface area (Å²) in [6, 6.07) is 0. The van der Waals surface area contributed by atoms with Gasteiger partial charge in [0.15, 0.2) is 6.10 Å². The highest BCUT2D eigenvalue weighted by atomic mass is 16.6. The first-order chi connectivity index (χ1) is 37.0. The Kier molecular flexibility index (Phi) is 58.9. The maximum Gasteiger partial charge on any atom is 0.306 e. The molecule has 0 N–H and O–H groups in total. The molecule has 0 aliphatic carbocycles. The van der Waals surface area contributed by atoms with E-state index in [1.807, 2.05) is 0 Å². The molecule has 0 fully saturated rings. The number of hydrogen-bond acceptors (Lipinski definition) is 6. The first-order valence-corrected chi connectivity index (χ1v) is 31.0.